The Hall–Kier alpha value is -2.26. The molecule has 1 aliphatic rings. The molecule has 0 N–H and O–H groups in total. The Morgan fingerprint density at radius 3 is 2.69 bits per heavy atom. The zero-order valence-electron chi connectivity index (χ0n) is 8.85. The summed E-state index contributed by atoms with van der Waals surface area (Å²) in [4.78, 5) is 2.17. The van der Waals surface area contributed by atoms with Crippen LogP contribution in [0.25, 0.3) is 0 Å². The Kier molecular flexibility index (Phi) is 2.89. The van der Waals surface area contributed by atoms with Gasteiger partial charge in [0.05, 0.1) is 17.7 Å². The smallest absolute Gasteiger partial charge is 0.0992 e. The van der Waals surface area contributed by atoms with Crippen molar-refractivity contribution in [1.82, 2.24) is 0 Å². The quantitative estimate of drug-likeness (QED) is 0.712. The lowest BCUT2D eigenvalue weighted by atomic mass is 10.1. The molecule has 2 rings (SSSR count). The Balaban J connectivity index is 2.18. The first-order chi connectivity index (χ1) is 7.83. The first-order valence-electron chi connectivity index (χ1n) is 5.18. The fraction of sp³-hybridized carbons (Fsp3) is 0.231. The third-order valence-electron chi connectivity index (χ3n) is 2.69. The molecule has 1 aromatic rings. The average Bonchev–Trinajstić information content (AvgIpc) is 2.39. The summed E-state index contributed by atoms with van der Waals surface area (Å²) < 4.78 is 0. The van der Waals surface area contributed by atoms with E-state index in [9.17, 15) is 0 Å². The number of nitriles is 2. The molecule has 0 aliphatic carbocycles. The fourth-order valence-electron chi connectivity index (χ4n) is 1.78. The maximum atomic E-state index is 8.82. The molecule has 1 heterocycles. The van der Waals surface area contributed by atoms with Crippen LogP contribution in [0.15, 0.2) is 35.9 Å². The molecule has 0 atom stereocenters. The predicted octanol–water partition coefficient (Wildman–Crippen LogP) is 2.22. The van der Waals surface area contributed by atoms with Crippen molar-refractivity contribution < 1.29 is 0 Å². The average molecular weight is 209 g/mol. The third-order valence-corrected chi connectivity index (χ3v) is 2.69. The number of anilines is 1. The molecule has 1 aromatic carbocycles. The molecule has 1 aliphatic heterocycles. The van der Waals surface area contributed by atoms with E-state index in [1.807, 2.05) is 24.3 Å². The molecule has 78 valence electrons. The number of rotatable bonds is 1. The topological polar surface area (TPSA) is 50.8 Å². The molecule has 0 bridgehead atoms. The van der Waals surface area contributed by atoms with Gasteiger partial charge in [0.2, 0.25) is 0 Å². The van der Waals surface area contributed by atoms with Crippen LogP contribution in [-0.2, 0) is 0 Å². The number of nitrogens with zero attached hydrogens (tertiary/aromatic N) is 3. The molecule has 0 spiro atoms. The lowest BCUT2D eigenvalue weighted by Crippen LogP contribution is -2.28. The van der Waals surface area contributed by atoms with E-state index >= 15 is 0 Å². The second kappa shape index (κ2) is 4.51. The highest BCUT2D eigenvalue weighted by Crippen LogP contribution is 2.20. The van der Waals surface area contributed by atoms with Gasteiger partial charge in [0.15, 0.2) is 0 Å². The summed E-state index contributed by atoms with van der Waals surface area (Å²) in [6.45, 7) is 1.59. The molecule has 0 saturated heterocycles. The van der Waals surface area contributed by atoms with Crippen LogP contribution < -0.4 is 4.90 Å². The molecule has 0 unspecified atom stereocenters. The minimum atomic E-state index is 0.674. The van der Waals surface area contributed by atoms with Crippen LogP contribution in [0.1, 0.15) is 12.0 Å². The van der Waals surface area contributed by atoms with Crippen molar-refractivity contribution in [2.24, 2.45) is 0 Å². The van der Waals surface area contributed by atoms with Crippen molar-refractivity contribution in [2.45, 2.75) is 6.42 Å². The van der Waals surface area contributed by atoms with Crippen LogP contribution in [0.3, 0.4) is 0 Å². The normalized spacial score (nSPS) is 14.9. The summed E-state index contributed by atoms with van der Waals surface area (Å²) in [5.74, 6) is 0. The van der Waals surface area contributed by atoms with E-state index < -0.39 is 0 Å². The maximum Gasteiger partial charge on any atom is 0.0992 e. The van der Waals surface area contributed by atoms with E-state index in [-0.39, 0.29) is 0 Å². The maximum absolute atomic E-state index is 8.82. The minimum Gasteiger partial charge on any atom is -0.367 e. The third kappa shape index (κ3) is 2.04. The van der Waals surface area contributed by atoms with Crippen LogP contribution in [0.5, 0.6) is 0 Å². The van der Waals surface area contributed by atoms with Gasteiger partial charge < -0.3 is 4.90 Å². The summed E-state index contributed by atoms with van der Waals surface area (Å²) >= 11 is 0. The zero-order chi connectivity index (χ0) is 11.4. The Morgan fingerprint density at radius 1 is 1.19 bits per heavy atom. The van der Waals surface area contributed by atoms with Gasteiger partial charge in [-0.05, 0) is 24.6 Å². The van der Waals surface area contributed by atoms with Crippen molar-refractivity contribution >= 4 is 5.69 Å². The van der Waals surface area contributed by atoms with Crippen LogP contribution >= 0.6 is 0 Å². The lowest BCUT2D eigenvalue weighted by molar-refractivity contribution is 0.802. The zero-order valence-corrected chi connectivity index (χ0v) is 8.85. The van der Waals surface area contributed by atoms with E-state index in [0.29, 0.717) is 5.56 Å². The van der Waals surface area contributed by atoms with E-state index in [1.165, 1.54) is 0 Å². The van der Waals surface area contributed by atoms with Gasteiger partial charge >= 0.3 is 0 Å². The van der Waals surface area contributed by atoms with Gasteiger partial charge in [-0.25, -0.2) is 0 Å². The van der Waals surface area contributed by atoms with E-state index in [0.717, 1.165) is 30.8 Å². The summed E-state index contributed by atoms with van der Waals surface area (Å²) in [6, 6.07) is 11.9. The molecule has 0 fully saturated rings. The van der Waals surface area contributed by atoms with Crippen molar-refractivity contribution in [2.75, 3.05) is 18.0 Å². The highest BCUT2D eigenvalue weighted by molar-refractivity contribution is 5.53. The second-order valence-electron chi connectivity index (χ2n) is 3.70. The van der Waals surface area contributed by atoms with Crippen molar-refractivity contribution in [3.8, 4) is 12.1 Å². The standard InChI is InChI=1S/C13H11N3/c14-9-11-4-6-16(7-5-11)13-3-1-2-12(8-13)10-15/h1-4,8H,5-7H2. The molecule has 0 radical (unpaired) electrons. The molecule has 3 heteroatoms. The second-order valence-corrected chi connectivity index (χ2v) is 3.70. The number of hydrogen-bond donors (Lipinski definition) is 0. The fourth-order valence-corrected chi connectivity index (χ4v) is 1.78. The SMILES string of the molecule is N#CC1=CCN(c2cccc(C#N)c2)CC1. The van der Waals surface area contributed by atoms with Crippen molar-refractivity contribution in [1.29, 1.82) is 10.5 Å². The summed E-state index contributed by atoms with van der Waals surface area (Å²) in [7, 11) is 0. The van der Waals surface area contributed by atoms with Crippen LogP contribution in [-0.4, -0.2) is 13.1 Å². The van der Waals surface area contributed by atoms with Gasteiger partial charge in [-0.2, -0.15) is 10.5 Å². The van der Waals surface area contributed by atoms with Crippen LogP contribution in [0.2, 0.25) is 0 Å². The van der Waals surface area contributed by atoms with Crippen molar-refractivity contribution in [3.05, 3.63) is 41.5 Å². The Bertz CT molecular complexity index is 503. The molecule has 16 heavy (non-hydrogen) atoms. The minimum absolute atomic E-state index is 0.674. The first-order valence-corrected chi connectivity index (χ1v) is 5.18. The molecule has 0 amide bonds. The molecule has 3 nitrogen and oxygen atoms in total. The summed E-state index contributed by atoms with van der Waals surface area (Å²) in [5, 5.41) is 17.6. The first kappa shape index (κ1) is 10.3. The lowest BCUT2D eigenvalue weighted by Gasteiger charge is -2.26. The van der Waals surface area contributed by atoms with Gasteiger partial charge in [0.1, 0.15) is 0 Å². The number of hydrogen-bond acceptors (Lipinski definition) is 3. The van der Waals surface area contributed by atoms with Gasteiger partial charge in [-0.3, -0.25) is 0 Å². The highest BCUT2D eigenvalue weighted by Gasteiger charge is 2.11. The van der Waals surface area contributed by atoms with Gasteiger partial charge in [0, 0.05) is 24.4 Å². The van der Waals surface area contributed by atoms with Crippen LogP contribution in [0.4, 0.5) is 5.69 Å². The van der Waals surface area contributed by atoms with E-state index in [4.69, 9.17) is 10.5 Å². The van der Waals surface area contributed by atoms with Gasteiger partial charge in [-0.1, -0.05) is 12.1 Å². The number of benzene rings is 1. The summed E-state index contributed by atoms with van der Waals surface area (Å²) in [6.07, 6.45) is 2.73. The van der Waals surface area contributed by atoms with E-state index in [1.54, 1.807) is 6.07 Å². The molecular weight excluding hydrogens is 198 g/mol. The molecular formula is C13H11N3. The Labute approximate surface area is 94.8 Å². The van der Waals surface area contributed by atoms with Crippen molar-refractivity contribution in [3.63, 3.8) is 0 Å². The van der Waals surface area contributed by atoms with Crippen LogP contribution in [0, 0.1) is 22.7 Å². The largest absolute Gasteiger partial charge is 0.367 e. The van der Waals surface area contributed by atoms with Gasteiger partial charge in [-0.15, -0.1) is 0 Å². The monoisotopic (exact) mass is 209 g/mol. The van der Waals surface area contributed by atoms with Gasteiger partial charge in [0.25, 0.3) is 0 Å². The highest BCUT2D eigenvalue weighted by atomic mass is 15.1. The molecule has 0 saturated carbocycles. The Morgan fingerprint density at radius 2 is 2.06 bits per heavy atom. The summed E-state index contributed by atoms with van der Waals surface area (Å²) in [5.41, 5.74) is 2.58. The van der Waals surface area contributed by atoms with E-state index in [2.05, 4.69) is 17.0 Å². The predicted molar refractivity (Wildman–Crippen MR) is 61.7 cm³/mol. The molecule has 0 aromatic heterocycles.